The van der Waals surface area contributed by atoms with Gasteiger partial charge in [0.25, 0.3) is 0 Å². The lowest BCUT2D eigenvalue weighted by Gasteiger charge is -2.06. The van der Waals surface area contributed by atoms with Crippen LogP contribution in [0.15, 0.2) is 24.3 Å². The summed E-state index contributed by atoms with van der Waals surface area (Å²) in [5.41, 5.74) is 2.27. The standard InChI is InChI=1S/C16H16FNO3/c1-4-21-16(20)15-14(11-5-7-12(17)8-6-11)13(10(3)19)9(2)18-15/h5-8,18H,4H2,1-3H3. The Balaban J connectivity index is 2.67. The van der Waals surface area contributed by atoms with E-state index < -0.39 is 5.97 Å². The third kappa shape index (κ3) is 2.86. The molecule has 0 aliphatic carbocycles. The lowest BCUT2D eigenvalue weighted by Crippen LogP contribution is -2.07. The highest BCUT2D eigenvalue weighted by atomic mass is 19.1. The number of carbonyl (C=O) groups is 2. The van der Waals surface area contributed by atoms with Crippen molar-refractivity contribution in [1.29, 1.82) is 0 Å². The molecule has 1 aromatic carbocycles. The highest BCUT2D eigenvalue weighted by Gasteiger charge is 2.24. The number of aromatic amines is 1. The summed E-state index contributed by atoms with van der Waals surface area (Å²) in [6, 6.07) is 5.65. The molecule has 1 heterocycles. The molecule has 0 aliphatic rings. The molecular formula is C16H16FNO3. The van der Waals surface area contributed by atoms with Crippen molar-refractivity contribution in [3.05, 3.63) is 47.0 Å². The van der Waals surface area contributed by atoms with Gasteiger partial charge in [-0.15, -0.1) is 0 Å². The highest BCUT2D eigenvalue weighted by molar-refractivity contribution is 6.08. The van der Waals surface area contributed by atoms with E-state index in [9.17, 15) is 14.0 Å². The monoisotopic (exact) mass is 289 g/mol. The van der Waals surface area contributed by atoms with Crippen molar-refractivity contribution in [3.63, 3.8) is 0 Å². The van der Waals surface area contributed by atoms with E-state index in [0.29, 0.717) is 22.4 Å². The van der Waals surface area contributed by atoms with Gasteiger partial charge in [-0.05, 0) is 38.5 Å². The largest absolute Gasteiger partial charge is 0.461 e. The van der Waals surface area contributed by atoms with Gasteiger partial charge in [-0.1, -0.05) is 12.1 Å². The minimum absolute atomic E-state index is 0.168. The van der Waals surface area contributed by atoms with E-state index in [1.807, 2.05) is 0 Å². The smallest absolute Gasteiger partial charge is 0.355 e. The van der Waals surface area contributed by atoms with Crippen LogP contribution in [0.1, 0.15) is 40.4 Å². The van der Waals surface area contributed by atoms with Crippen molar-refractivity contribution < 1.29 is 18.7 Å². The van der Waals surface area contributed by atoms with Crippen LogP contribution in [0, 0.1) is 12.7 Å². The number of ether oxygens (including phenoxy) is 1. The third-order valence-corrected chi connectivity index (χ3v) is 3.15. The molecule has 110 valence electrons. The average molecular weight is 289 g/mol. The number of aryl methyl sites for hydroxylation is 1. The molecule has 4 nitrogen and oxygen atoms in total. The number of benzene rings is 1. The Kier molecular flexibility index (Phi) is 4.21. The van der Waals surface area contributed by atoms with Crippen LogP contribution >= 0.6 is 0 Å². The predicted molar refractivity (Wildman–Crippen MR) is 76.9 cm³/mol. The molecule has 0 atom stereocenters. The molecule has 0 fully saturated rings. The normalized spacial score (nSPS) is 10.5. The van der Waals surface area contributed by atoms with Gasteiger partial charge >= 0.3 is 5.97 Å². The van der Waals surface area contributed by atoms with E-state index in [-0.39, 0.29) is 23.9 Å². The number of aromatic nitrogens is 1. The summed E-state index contributed by atoms with van der Waals surface area (Å²) >= 11 is 0. The fraction of sp³-hybridized carbons (Fsp3) is 0.250. The number of esters is 1. The zero-order valence-corrected chi connectivity index (χ0v) is 12.1. The molecule has 2 rings (SSSR count). The van der Waals surface area contributed by atoms with Gasteiger partial charge in [0.2, 0.25) is 0 Å². The molecule has 0 radical (unpaired) electrons. The van der Waals surface area contributed by atoms with Crippen molar-refractivity contribution in [2.75, 3.05) is 6.61 Å². The van der Waals surface area contributed by atoms with Crippen molar-refractivity contribution in [1.82, 2.24) is 4.98 Å². The van der Waals surface area contributed by atoms with Gasteiger partial charge < -0.3 is 9.72 Å². The maximum absolute atomic E-state index is 13.1. The van der Waals surface area contributed by atoms with Gasteiger partial charge in [0.15, 0.2) is 5.78 Å². The Labute approximate surface area is 121 Å². The van der Waals surface area contributed by atoms with Crippen molar-refractivity contribution >= 4 is 11.8 Å². The Hall–Kier alpha value is -2.43. The number of Topliss-reactive ketones (excluding diaryl/α,β-unsaturated/α-hetero) is 1. The fourth-order valence-electron chi connectivity index (χ4n) is 2.33. The minimum atomic E-state index is -0.535. The predicted octanol–water partition coefficient (Wildman–Crippen LogP) is 3.51. The molecule has 0 saturated carbocycles. The second-order valence-corrected chi connectivity index (χ2v) is 4.66. The molecule has 5 heteroatoms. The number of nitrogens with one attached hydrogen (secondary N) is 1. The Morgan fingerprint density at radius 2 is 1.86 bits per heavy atom. The van der Waals surface area contributed by atoms with Crippen molar-refractivity contribution in [2.45, 2.75) is 20.8 Å². The lowest BCUT2D eigenvalue weighted by atomic mass is 9.98. The zero-order chi connectivity index (χ0) is 15.6. The summed E-state index contributed by atoms with van der Waals surface area (Å²) in [4.78, 5) is 26.8. The van der Waals surface area contributed by atoms with E-state index in [2.05, 4.69) is 4.98 Å². The number of carbonyl (C=O) groups excluding carboxylic acids is 2. The van der Waals surface area contributed by atoms with Crippen LogP contribution in [0.5, 0.6) is 0 Å². The van der Waals surface area contributed by atoms with E-state index in [0.717, 1.165) is 0 Å². The molecule has 0 unspecified atom stereocenters. The first-order chi connectivity index (χ1) is 9.95. The summed E-state index contributed by atoms with van der Waals surface area (Å²) in [7, 11) is 0. The quantitative estimate of drug-likeness (QED) is 0.692. The first-order valence-electron chi connectivity index (χ1n) is 6.62. The molecular weight excluding hydrogens is 273 g/mol. The molecule has 0 aliphatic heterocycles. The topological polar surface area (TPSA) is 59.2 Å². The van der Waals surface area contributed by atoms with E-state index in [1.165, 1.54) is 31.2 Å². The summed E-state index contributed by atoms with van der Waals surface area (Å²) in [5, 5.41) is 0. The lowest BCUT2D eigenvalue weighted by molar-refractivity contribution is 0.0521. The minimum Gasteiger partial charge on any atom is -0.461 e. The fourth-order valence-corrected chi connectivity index (χ4v) is 2.33. The van der Waals surface area contributed by atoms with Gasteiger partial charge in [0.1, 0.15) is 11.5 Å². The van der Waals surface area contributed by atoms with Crippen LogP contribution in [0.25, 0.3) is 11.1 Å². The molecule has 2 aromatic rings. The van der Waals surface area contributed by atoms with Gasteiger partial charge in [-0.2, -0.15) is 0 Å². The number of ketones is 1. The van der Waals surface area contributed by atoms with Crippen LogP contribution in [0.2, 0.25) is 0 Å². The molecule has 0 saturated heterocycles. The number of halogens is 1. The van der Waals surface area contributed by atoms with Gasteiger partial charge in [-0.25, -0.2) is 9.18 Å². The zero-order valence-electron chi connectivity index (χ0n) is 12.1. The second-order valence-electron chi connectivity index (χ2n) is 4.66. The van der Waals surface area contributed by atoms with E-state index >= 15 is 0 Å². The van der Waals surface area contributed by atoms with Gasteiger partial charge in [-0.3, -0.25) is 4.79 Å². The number of hydrogen-bond donors (Lipinski definition) is 1. The summed E-state index contributed by atoms with van der Waals surface area (Å²) < 4.78 is 18.1. The number of rotatable bonds is 4. The molecule has 0 bridgehead atoms. The first-order valence-corrected chi connectivity index (χ1v) is 6.62. The van der Waals surface area contributed by atoms with Crippen molar-refractivity contribution in [3.8, 4) is 11.1 Å². The van der Waals surface area contributed by atoms with Gasteiger partial charge in [0, 0.05) is 16.8 Å². The number of hydrogen-bond acceptors (Lipinski definition) is 3. The maximum atomic E-state index is 13.1. The van der Waals surface area contributed by atoms with Crippen molar-refractivity contribution in [2.24, 2.45) is 0 Å². The number of H-pyrrole nitrogens is 1. The third-order valence-electron chi connectivity index (χ3n) is 3.15. The molecule has 0 amide bonds. The van der Waals surface area contributed by atoms with Crippen LogP contribution in [0.4, 0.5) is 4.39 Å². The maximum Gasteiger partial charge on any atom is 0.355 e. The molecule has 0 spiro atoms. The molecule has 1 N–H and O–H groups in total. The molecule has 21 heavy (non-hydrogen) atoms. The Morgan fingerprint density at radius 3 is 2.38 bits per heavy atom. The summed E-state index contributed by atoms with van der Waals surface area (Å²) in [6.07, 6.45) is 0. The van der Waals surface area contributed by atoms with Crippen LogP contribution < -0.4 is 0 Å². The van der Waals surface area contributed by atoms with Gasteiger partial charge in [0.05, 0.1) is 6.61 Å². The van der Waals surface area contributed by atoms with Crippen LogP contribution in [-0.4, -0.2) is 23.3 Å². The Bertz CT molecular complexity index is 686. The van der Waals surface area contributed by atoms with Crippen LogP contribution in [0.3, 0.4) is 0 Å². The second kappa shape index (κ2) is 5.91. The van der Waals surface area contributed by atoms with E-state index in [4.69, 9.17) is 4.74 Å². The molecule has 1 aromatic heterocycles. The first kappa shape index (κ1) is 15.0. The highest BCUT2D eigenvalue weighted by Crippen LogP contribution is 2.31. The average Bonchev–Trinajstić information content (AvgIpc) is 2.77. The SMILES string of the molecule is CCOC(=O)c1[nH]c(C)c(C(C)=O)c1-c1ccc(F)cc1. The Morgan fingerprint density at radius 1 is 1.24 bits per heavy atom. The summed E-state index contributed by atoms with van der Waals surface area (Å²) in [5.74, 6) is -1.08. The van der Waals surface area contributed by atoms with Crippen LogP contribution in [-0.2, 0) is 4.74 Å². The van der Waals surface area contributed by atoms with E-state index in [1.54, 1.807) is 13.8 Å². The summed E-state index contributed by atoms with van der Waals surface area (Å²) in [6.45, 7) is 5.08.